The number of benzene rings is 2. The molecule has 0 atom stereocenters. The lowest BCUT2D eigenvalue weighted by Gasteiger charge is -2.22. The van der Waals surface area contributed by atoms with Crippen LogP contribution in [0.4, 0.5) is 8.78 Å². The van der Waals surface area contributed by atoms with E-state index in [9.17, 15) is 23.5 Å². The van der Waals surface area contributed by atoms with Gasteiger partial charge in [0, 0.05) is 6.20 Å². The lowest BCUT2D eigenvalue weighted by atomic mass is 10.1. The minimum atomic E-state index is -1.48. The first kappa shape index (κ1) is 16.8. The lowest BCUT2D eigenvalue weighted by molar-refractivity contribution is 0.0695. The van der Waals surface area contributed by atoms with E-state index < -0.39 is 34.3 Å². The van der Waals surface area contributed by atoms with E-state index in [0.717, 1.165) is 6.20 Å². The second kappa shape index (κ2) is 5.94. The Bertz CT molecular complexity index is 1210. The topological polar surface area (TPSA) is 77.8 Å². The summed E-state index contributed by atoms with van der Waals surface area (Å²) in [5.74, 6) is -4.05. The number of carboxylic acids is 1. The number of aromatic carboxylic acids is 1. The van der Waals surface area contributed by atoms with Crippen LogP contribution in [-0.2, 0) is 0 Å². The van der Waals surface area contributed by atoms with Crippen LogP contribution in [0.5, 0.6) is 11.5 Å². The monoisotopic (exact) mass is 371 g/mol. The number of halogens is 2. The van der Waals surface area contributed by atoms with Crippen molar-refractivity contribution in [3.8, 4) is 11.5 Å². The van der Waals surface area contributed by atoms with E-state index in [1.54, 1.807) is 24.3 Å². The van der Waals surface area contributed by atoms with Gasteiger partial charge in [0.15, 0.2) is 17.3 Å². The molecule has 4 rings (SSSR count). The molecule has 2 aromatic carbocycles. The molecule has 3 aromatic rings. The molecule has 0 saturated carbocycles. The Hall–Kier alpha value is -3.68. The number of ether oxygens (including phenoxy) is 2. The molecule has 0 amide bonds. The van der Waals surface area contributed by atoms with Gasteiger partial charge in [-0.1, -0.05) is 12.1 Å². The third-order valence-electron chi connectivity index (χ3n) is 4.24. The van der Waals surface area contributed by atoms with Crippen molar-refractivity contribution in [2.75, 3.05) is 7.11 Å². The quantitative estimate of drug-likeness (QED) is 0.764. The molecule has 27 heavy (non-hydrogen) atoms. The molecule has 1 aliphatic rings. The molecule has 2 heterocycles. The van der Waals surface area contributed by atoms with E-state index in [0.29, 0.717) is 17.4 Å². The Morgan fingerprint density at radius 1 is 1.26 bits per heavy atom. The predicted octanol–water partition coefficient (Wildman–Crippen LogP) is 3.33. The lowest BCUT2D eigenvalue weighted by Crippen LogP contribution is -2.20. The maximum atomic E-state index is 14.4. The van der Waals surface area contributed by atoms with Gasteiger partial charge in [-0.15, -0.1) is 0 Å². The minimum absolute atomic E-state index is 0.0532. The largest absolute Gasteiger partial charge is 0.496 e. The number of methoxy groups -OCH3 is 1. The third kappa shape index (κ3) is 2.45. The van der Waals surface area contributed by atoms with Gasteiger partial charge in [-0.3, -0.25) is 4.79 Å². The van der Waals surface area contributed by atoms with Crippen molar-refractivity contribution in [3.05, 3.63) is 69.5 Å². The van der Waals surface area contributed by atoms with Crippen LogP contribution in [0, 0.1) is 11.6 Å². The summed E-state index contributed by atoms with van der Waals surface area (Å²) < 4.78 is 40.5. The molecule has 0 unspecified atom stereocenters. The molecule has 8 heteroatoms. The van der Waals surface area contributed by atoms with Gasteiger partial charge in [0.05, 0.1) is 24.3 Å². The highest BCUT2D eigenvalue weighted by Crippen LogP contribution is 2.38. The Kier molecular flexibility index (Phi) is 3.69. The molecule has 1 aliphatic heterocycles. The average molecular weight is 371 g/mol. The van der Waals surface area contributed by atoms with Gasteiger partial charge in [0.25, 0.3) is 0 Å². The Morgan fingerprint density at radius 3 is 2.70 bits per heavy atom. The standard InChI is InChI=1S/C19H11F2NO5/c1-26-13-5-3-2-4-9(13)14-8-22-7-11(19(24)25)17(23)10-6-12(20)15(21)18(27-14)16(10)22/h2-8H,1H3,(H,24,25). The van der Waals surface area contributed by atoms with E-state index in [4.69, 9.17) is 9.47 Å². The summed E-state index contributed by atoms with van der Waals surface area (Å²) in [4.78, 5) is 23.7. The highest BCUT2D eigenvalue weighted by atomic mass is 19.2. The van der Waals surface area contributed by atoms with Crippen molar-refractivity contribution in [1.82, 2.24) is 4.57 Å². The highest BCUT2D eigenvalue weighted by Gasteiger charge is 2.27. The number of rotatable bonds is 3. The van der Waals surface area contributed by atoms with Crippen LogP contribution < -0.4 is 14.9 Å². The average Bonchev–Trinajstić information content (AvgIpc) is 2.67. The van der Waals surface area contributed by atoms with Gasteiger partial charge in [-0.2, -0.15) is 4.39 Å². The molecule has 0 radical (unpaired) electrons. The van der Waals surface area contributed by atoms with Crippen molar-refractivity contribution in [3.63, 3.8) is 0 Å². The number of pyridine rings is 1. The molecule has 1 N–H and O–H groups in total. The summed E-state index contributed by atoms with van der Waals surface area (Å²) in [6, 6.07) is 7.39. The fourth-order valence-electron chi connectivity index (χ4n) is 3.01. The first-order valence-electron chi connectivity index (χ1n) is 7.75. The molecule has 136 valence electrons. The predicted molar refractivity (Wildman–Crippen MR) is 92.9 cm³/mol. The second-order valence-corrected chi connectivity index (χ2v) is 5.78. The Labute approximate surface area is 150 Å². The van der Waals surface area contributed by atoms with E-state index in [2.05, 4.69) is 0 Å². The van der Waals surface area contributed by atoms with Gasteiger partial charge in [-0.25, -0.2) is 9.18 Å². The van der Waals surface area contributed by atoms with E-state index in [1.165, 1.54) is 17.9 Å². The zero-order valence-corrected chi connectivity index (χ0v) is 13.8. The Morgan fingerprint density at radius 2 is 2.00 bits per heavy atom. The molecule has 6 nitrogen and oxygen atoms in total. The van der Waals surface area contributed by atoms with Crippen LogP contribution in [-0.4, -0.2) is 22.8 Å². The number of aromatic nitrogens is 1. The first-order chi connectivity index (χ1) is 12.9. The minimum Gasteiger partial charge on any atom is -0.496 e. The number of hydrogen-bond acceptors (Lipinski definition) is 4. The fourth-order valence-corrected chi connectivity index (χ4v) is 3.01. The van der Waals surface area contributed by atoms with Crippen molar-refractivity contribution in [2.24, 2.45) is 0 Å². The number of hydrogen-bond donors (Lipinski definition) is 1. The summed E-state index contributed by atoms with van der Waals surface area (Å²) in [5.41, 5.74) is -1.11. The van der Waals surface area contributed by atoms with E-state index in [1.807, 2.05) is 0 Å². The van der Waals surface area contributed by atoms with Gasteiger partial charge >= 0.3 is 5.97 Å². The molecule has 0 bridgehead atoms. The number of para-hydroxylation sites is 1. The molecular formula is C19H11F2NO5. The van der Waals surface area contributed by atoms with Crippen LogP contribution in [0.25, 0.3) is 22.9 Å². The maximum absolute atomic E-state index is 14.4. The number of carboxylic acid groups (broad SMARTS) is 1. The second-order valence-electron chi connectivity index (χ2n) is 5.78. The zero-order chi connectivity index (χ0) is 19.3. The van der Waals surface area contributed by atoms with Crippen molar-refractivity contribution < 1.29 is 28.2 Å². The third-order valence-corrected chi connectivity index (χ3v) is 4.24. The SMILES string of the molecule is COc1ccccc1C1=Cn2cc(C(=O)O)c(=O)c3cc(F)c(F)c(c32)O1. The van der Waals surface area contributed by atoms with Crippen LogP contribution in [0.1, 0.15) is 15.9 Å². The van der Waals surface area contributed by atoms with Crippen LogP contribution in [0.3, 0.4) is 0 Å². The summed E-state index contributed by atoms with van der Waals surface area (Å²) in [5, 5.41) is 8.98. The zero-order valence-electron chi connectivity index (χ0n) is 13.8. The van der Waals surface area contributed by atoms with Gasteiger partial charge in [-0.05, 0) is 18.2 Å². The molecular weight excluding hydrogens is 360 g/mol. The maximum Gasteiger partial charge on any atom is 0.341 e. The summed E-state index contributed by atoms with van der Waals surface area (Å²) in [6.07, 6.45) is 2.43. The van der Waals surface area contributed by atoms with Crippen molar-refractivity contribution in [2.45, 2.75) is 0 Å². The fraction of sp³-hybridized carbons (Fsp3) is 0.0526. The smallest absolute Gasteiger partial charge is 0.341 e. The Balaban J connectivity index is 2.09. The first-order valence-corrected chi connectivity index (χ1v) is 7.75. The van der Waals surface area contributed by atoms with Gasteiger partial charge in [0.1, 0.15) is 16.8 Å². The molecule has 0 saturated heterocycles. The van der Waals surface area contributed by atoms with Crippen LogP contribution in [0.15, 0.2) is 41.3 Å². The number of nitrogens with zero attached hydrogens (tertiary/aromatic N) is 1. The van der Waals surface area contributed by atoms with Crippen molar-refractivity contribution >= 4 is 28.8 Å². The molecule has 0 spiro atoms. The summed E-state index contributed by atoms with van der Waals surface area (Å²) in [7, 11) is 1.44. The molecule has 0 aliphatic carbocycles. The summed E-state index contributed by atoms with van der Waals surface area (Å²) in [6.45, 7) is 0. The van der Waals surface area contributed by atoms with E-state index >= 15 is 0 Å². The molecule has 1 aromatic heterocycles. The molecule has 0 fully saturated rings. The summed E-state index contributed by atoms with van der Waals surface area (Å²) >= 11 is 0. The van der Waals surface area contributed by atoms with Gasteiger partial charge < -0.3 is 19.1 Å². The van der Waals surface area contributed by atoms with Crippen molar-refractivity contribution in [1.29, 1.82) is 0 Å². The highest BCUT2D eigenvalue weighted by molar-refractivity contribution is 5.97. The van der Waals surface area contributed by atoms with Crippen LogP contribution >= 0.6 is 0 Å². The van der Waals surface area contributed by atoms with E-state index in [-0.39, 0.29) is 16.7 Å². The van der Waals surface area contributed by atoms with Gasteiger partial charge in [0.2, 0.25) is 11.2 Å². The number of carbonyl (C=O) groups is 1. The van der Waals surface area contributed by atoms with Crippen LogP contribution in [0.2, 0.25) is 0 Å². The normalized spacial score (nSPS) is 12.5.